The van der Waals surface area contributed by atoms with Crippen LogP contribution in [0.5, 0.6) is 0 Å². The molecule has 7 nitrogen and oxygen atoms in total. The minimum absolute atomic E-state index is 0.00764. The second-order valence-electron chi connectivity index (χ2n) is 8.01. The van der Waals surface area contributed by atoms with Crippen molar-refractivity contribution in [1.29, 1.82) is 0 Å². The summed E-state index contributed by atoms with van der Waals surface area (Å²) in [5, 5.41) is 4.77. The molecule has 0 aliphatic carbocycles. The molecule has 1 aromatic carbocycles. The molecule has 0 unspecified atom stereocenters. The summed E-state index contributed by atoms with van der Waals surface area (Å²) in [6.45, 7) is 12.3. The number of carbonyl (C=O) groups is 1. The smallest absolute Gasteiger partial charge is 0.340 e. The van der Waals surface area contributed by atoms with E-state index in [4.69, 9.17) is 13.6 Å². The van der Waals surface area contributed by atoms with Gasteiger partial charge in [0.15, 0.2) is 0 Å². The monoisotopic (exact) mass is 412 g/mol. The van der Waals surface area contributed by atoms with Gasteiger partial charge in [0, 0.05) is 42.5 Å². The van der Waals surface area contributed by atoms with Gasteiger partial charge in [-0.15, -0.1) is 0 Å². The summed E-state index contributed by atoms with van der Waals surface area (Å²) in [6.07, 6.45) is 0.00764. The van der Waals surface area contributed by atoms with Crippen LogP contribution in [-0.4, -0.2) is 50.2 Å². The third-order valence-electron chi connectivity index (χ3n) is 6.14. The summed E-state index contributed by atoms with van der Waals surface area (Å²) in [6, 6.07) is 2.00. The van der Waals surface area contributed by atoms with Gasteiger partial charge in [-0.25, -0.2) is 4.79 Å². The Morgan fingerprint density at radius 1 is 1.00 bits per heavy atom. The van der Waals surface area contributed by atoms with E-state index in [9.17, 15) is 9.59 Å². The lowest BCUT2D eigenvalue weighted by Crippen LogP contribution is -2.41. The summed E-state index contributed by atoms with van der Waals surface area (Å²) in [5.41, 5.74) is 3.87. The Kier molecular flexibility index (Phi) is 5.66. The van der Waals surface area contributed by atoms with Crippen LogP contribution in [0.4, 0.5) is 0 Å². The van der Waals surface area contributed by atoms with Crippen LogP contribution >= 0.6 is 0 Å². The lowest BCUT2D eigenvalue weighted by molar-refractivity contribution is -0.120. The maximum atomic E-state index is 12.7. The fourth-order valence-corrected chi connectivity index (χ4v) is 4.10. The lowest BCUT2D eigenvalue weighted by atomic mass is 9.99. The first-order chi connectivity index (χ1) is 14.4. The van der Waals surface area contributed by atoms with E-state index in [0.717, 1.165) is 71.7 Å². The number of rotatable bonds is 5. The molecule has 7 heteroatoms. The minimum Gasteiger partial charge on any atom is -0.461 e. The number of nitrogens with one attached hydrogen (secondary N) is 1. The number of furan rings is 1. The fraction of sp³-hybridized carbons (Fsp3) is 0.478. The van der Waals surface area contributed by atoms with Crippen molar-refractivity contribution in [3.8, 4) is 0 Å². The largest absolute Gasteiger partial charge is 0.461 e. The molecule has 0 radical (unpaired) electrons. The van der Waals surface area contributed by atoms with Gasteiger partial charge in [-0.3, -0.25) is 9.69 Å². The number of fused-ring (bicyclic) bond motifs is 2. The molecule has 3 aromatic rings. The molecule has 1 fully saturated rings. The van der Waals surface area contributed by atoms with E-state index < -0.39 is 5.63 Å². The van der Waals surface area contributed by atoms with Crippen molar-refractivity contribution in [2.75, 3.05) is 39.4 Å². The molecule has 1 aliphatic heterocycles. The number of benzene rings is 1. The van der Waals surface area contributed by atoms with Gasteiger partial charge >= 0.3 is 5.63 Å². The molecular formula is C23H28N2O5. The number of amides is 1. The van der Waals surface area contributed by atoms with Crippen molar-refractivity contribution in [2.45, 2.75) is 34.1 Å². The Labute approximate surface area is 175 Å². The molecule has 1 aliphatic rings. The van der Waals surface area contributed by atoms with Crippen LogP contribution in [0.2, 0.25) is 0 Å². The van der Waals surface area contributed by atoms with E-state index in [1.807, 2.05) is 33.8 Å². The molecule has 0 bridgehead atoms. The lowest BCUT2D eigenvalue weighted by Gasteiger charge is -2.26. The zero-order valence-corrected chi connectivity index (χ0v) is 18.0. The van der Waals surface area contributed by atoms with Gasteiger partial charge in [0.2, 0.25) is 5.91 Å². The van der Waals surface area contributed by atoms with Gasteiger partial charge in [0.1, 0.15) is 16.9 Å². The molecule has 1 amide bonds. The maximum Gasteiger partial charge on any atom is 0.340 e. The molecule has 0 spiro atoms. The zero-order valence-electron chi connectivity index (χ0n) is 18.0. The molecule has 30 heavy (non-hydrogen) atoms. The molecule has 4 rings (SSSR count). The number of nitrogens with zero attached hydrogens (tertiary/aromatic N) is 1. The number of aryl methyl sites for hydroxylation is 4. The van der Waals surface area contributed by atoms with E-state index in [1.54, 1.807) is 0 Å². The third-order valence-corrected chi connectivity index (χ3v) is 6.14. The van der Waals surface area contributed by atoms with Crippen LogP contribution < -0.4 is 10.9 Å². The van der Waals surface area contributed by atoms with E-state index >= 15 is 0 Å². The average Bonchev–Trinajstić information content (AvgIpc) is 3.02. The van der Waals surface area contributed by atoms with Gasteiger partial charge in [-0.2, -0.15) is 0 Å². The predicted octanol–water partition coefficient (Wildman–Crippen LogP) is 2.76. The van der Waals surface area contributed by atoms with Gasteiger partial charge in [-0.05, 0) is 44.9 Å². The van der Waals surface area contributed by atoms with E-state index in [-0.39, 0.29) is 12.3 Å². The first kappa shape index (κ1) is 20.6. The summed E-state index contributed by atoms with van der Waals surface area (Å²) >= 11 is 0. The Morgan fingerprint density at radius 2 is 1.67 bits per heavy atom. The van der Waals surface area contributed by atoms with Gasteiger partial charge in [0.05, 0.1) is 25.2 Å². The SMILES string of the molecule is Cc1oc2c(C)c3oc(=O)c(CC(=O)NCCN4CCOCC4)c(C)c3cc2c1C. The van der Waals surface area contributed by atoms with Crippen molar-refractivity contribution < 1.29 is 18.4 Å². The van der Waals surface area contributed by atoms with E-state index in [2.05, 4.69) is 10.2 Å². The molecule has 0 saturated carbocycles. The minimum atomic E-state index is -0.467. The Bertz CT molecular complexity index is 1170. The highest BCUT2D eigenvalue weighted by Crippen LogP contribution is 2.34. The molecule has 1 saturated heterocycles. The first-order valence-corrected chi connectivity index (χ1v) is 10.4. The van der Waals surface area contributed by atoms with Crippen LogP contribution in [0.15, 0.2) is 19.7 Å². The summed E-state index contributed by atoms with van der Waals surface area (Å²) < 4.78 is 16.8. The number of carbonyl (C=O) groups excluding carboxylic acids is 1. The van der Waals surface area contributed by atoms with Gasteiger partial charge in [0.25, 0.3) is 0 Å². The molecular weight excluding hydrogens is 384 g/mol. The van der Waals surface area contributed by atoms with Crippen LogP contribution in [0.25, 0.3) is 21.9 Å². The van der Waals surface area contributed by atoms with Gasteiger partial charge < -0.3 is 18.9 Å². The highest BCUT2D eigenvalue weighted by atomic mass is 16.5. The highest BCUT2D eigenvalue weighted by molar-refractivity contribution is 6.00. The molecule has 2 aromatic heterocycles. The highest BCUT2D eigenvalue weighted by Gasteiger charge is 2.20. The Balaban J connectivity index is 1.58. The summed E-state index contributed by atoms with van der Waals surface area (Å²) in [4.78, 5) is 27.4. The van der Waals surface area contributed by atoms with Gasteiger partial charge in [-0.1, -0.05) is 0 Å². The van der Waals surface area contributed by atoms with E-state index in [1.165, 1.54) is 0 Å². The van der Waals surface area contributed by atoms with Crippen molar-refractivity contribution in [2.24, 2.45) is 0 Å². The third kappa shape index (κ3) is 3.75. The van der Waals surface area contributed by atoms with Crippen LogP contribution in [0.3, 0.4) is 0 Å². The zero-order chi connectivity index (χ0) is 21.4. The average molecular weight is 412 g/mol. The fourth-order valence-electron chi connectivity index (χ4n) is 4.10. The van der Waals surface area contributed by atoms with E-state index in [0.29, 0.717) is 17.7 Å². The number of ether oxygens (including phenoxy) is 1. The maximum absolute atomic E-state index is 12.7. The quantitative estimate of drug-likeness (QED) is 0.649. The molecule has 1 N–H and O–H groups in total. The number of hydrogen-bond donors (Lipinski definition) is 1. The Hall–Kier alpha value is -2.64. The number of hydrogen-bond acceptors (Lipinski definition) is 6. The normalized spacial score (nSPS) is 15.2. The second kappa shape index (κ2) is 8.24. The molecule has 3 heterocycles. The first-order valence-electron chi connectivity index (χ1n) is 10.4. The standard InChI is InChI=1S/C23H28N2O5/c1-13-16(4)29-21-15(3)22-18(11-17(13)21)14(2)19(23(27)30-22)12-20(26)24-5-6-25-7-9-28-10-8-25/h11H,5-10,12H2,1-4H3,(H,24,26). The summed E-state index contributed by atoms with van der Waals surface area (Å²) in [7, 11) is 0. The topological polar surface area (TPSA) is 84.9 Å². The van der Waals surface area contributed by atoms with Crippen LogP contribution in [-0.2, 0) is 16.0 Å². The number of morpholine rings is 1. The van der Waals surface area contributed by atoms with Crippen LogP contribution in [0, 0.1) is 27.7 Å². The van der Waals surface area contributed by atoms with Crippen LogP contribution in [0.1, 0.15) is 28.0 Å². The summed E-state index contributed by atoms with van der Waals surface area (Å²) in [5.74, 6) is 0.675. The van der Waals surface area contributed by atoms with Crippen molar-refractivity contribution in [1.82, 2.24) is 10.2 Å². The second-order valence-corrected chi connectivity index (χ2v) is 8.01. The predicted molar refractivity (Wildman–Crippen MR) is 115 cm³/mol. The van der Waals surface area contributed by atoms with Crippen molar-refractivity contribution in [3.63, 3.8) is 0 Å². The molecule has 0 atom stereocenters. The Morgan fingerprint density at radius 3 is 2.40 bits per heavy atom. The van der Waals surface area contributed by atoms with Crippen molar-refractivity contribution >= 4 is 27.8 Å². The van der Waals surface area contributed by atoms with Crippen molar-refractivity contribution in [3.05, 3.63) is 44.5 Å². The molecule has 160 valence electrons.